The van der Waals surface area contributed by atoms with Gasteiger partial charge in [-0.05, 0) is 19.9 Å². The lowest BCUT2D eigenvalue weighted by Gasteiger charge is -2.10. The highest BCUT2D eigenvalue weighted by atomic mass is 16.5. The molecule has 1 rings (SSSR count). The molecule has 1 atom stereocenters. The number of carboxylic acid groups (broad SMARTS) is 1. The van der Waals surface area contributed by atoms with Gasteiger partial charge in [-0.3, -0.25) is 9.59 Å². The number of pyridine rings is 1. The molecule has 2 N–H and O–H groups in total. The van der Waals surface area contributed by atoms with Crippen LogP contribution in [-0.4, -0.2) is 34.6 Å². The zero-order valence-electron chi connectivity index (χ0n) is 11.2. The molecule has 0 aliphatic carbocycles. The van der Waals surface area contributed by atoms with Gasteiger partial charge in [-0.25, -0.2) is 4.98 Å². The second-order valence-electron chi connectivity index (χ2n) is 4.50. The number of aliphatic carboxylic acids is 1. The molecule has 0 radical (unpaired) electrons. The number of ether oxygens (including phenoxy) is 1. The molecule has 104 valence electrons. The number of carbonyl (C=O) groups is 2. The summed E-state index contributed by atoms with van der Waals surface area (Å²) in [7, 11) is 0. The Morgan fingerprint density at radius 1 is 1.37 bits per heavy atom. The van der Waals surface area contributed by atoms with Crippen molar-refractivity contribution in [2.45, 2.75) is 26.9 Å². The van der Waals surface area contributed by atoms with E-state index in [1.165, 1.54) is 13.1 Å². The lowest BCUT2D eigenvalue weighted by Crippen LogP contribution is -2.31. The molecule has 1 aromatic heterocycles. The van der Waals surface area contributed by atoms with E-state index in [1.54, 1.807) is 12.1 Å². The third kappa shape index (κ3) is 4.95. The van der Waals surface area contributed by atoms with Gasteiger partial charge in [-0.1, -0.05) is 6.92 Å². The lowest BCUT2D eigenvalue weighted by atomic mass is 10.2. The third-order valence-electron chi connectivity index (χ3n) is 2.35. The highest BCUT2D eigenvalue weighted by Crippen LogP contribution is 2.09. The molecule has 0 spiro atoms. The fourth-order valence-corrected chi connectivity index (χ4v) is 1.26. The van der Waals surface area contributed by atoms with Crippen molar-refractivity contribution < 1.29 is 19.4 Å². The van der Waals surface area contributed by atoms with E-state index in [0.29, 0.717) is 11.4 Å². The van der Waals surface area contributed by atoms with Crippen LogP contribution in [0.5, 0.6) is 5.88 Å². The smallest absolute Gasteiger partial charge is 0.308 e. The molecule has 0 fully saturated rings. The maximum absolute atomic E-state index is 11.7. The Labute approximate surface area is 111 Å². The Morgan fingerprint density at radius 2 is 2.05 bits per heavy atom. The molecule has 6 heteroatoms. The van der Waals surface area contributed by atoms with Crippen LogP contribution < -0.4 is 10.1 Å². The van der Waals surface area contributed by atoms with E-state index in [-0.39, 0.29) is 18.6 Å². The zero-order chi connectivity index (χ0) is 14.4. The molecule has 0 saturated heterocycles. The summed E-state index contributed by atoms with van der Waals surface area (Å²) in [6.45, 7) is 5.38. The summed E-state index contributed by atoms with van der Waals surface area (Å²) in [6, 6.07) is 3.20. The van der Waals surface area contributed by atoms with E-state index in [9.17, 15) is 9.59 Å². The van der Waals surface area contributed by atoms with Crippen molar-refractivity contribution in [3.05, 3.63) is 23.9 Å². The highest BCUT2D eigenvalue weighted by Gasteiger charge is 2.13. The number of aromatic nitrogens is 1. The van der Waals surface area contributed by atoms with Gasteiger partial charge in [0.2, 0.25) is 5.88 Å². The van der Waals surface area contributed by atoms with Crippen LogP contribution >= 0.6 is 0 Å². The quantitative estimate of drug-likeness (QED) is 0.810. The summed E-state index contributed by atoms with van der Waals surface area (Å²) in [6.07, 6.45) is 1.42. The summed E-state index contributed by atoms with van der Waals surface area (Å²) in [5, 5.41) is 11.2. The minimum atomic E-state index is -0.945. The first-order valence-electron chi connectivity index (χ1n) is 6.04. The second-order valence-corrected chi connectivity index (χ2v) is 4.50. The van der Waals surface area contributed by atoms with Gasteiger partial charge in [0.15, 0.2) is 0 Å². The highest BCUT2D eigenvalue weighted by molar-refractivity contribution is 5.94. The van der Waals surface area contributed by atoms with Gasteiger partial charge >= 0.3 is 5.97 Å². The number of carboxylic acids is 1. The molecule has 1 amide bonds. The Balaban J connectivity index is 2.55. The van der Waals surface area contributed by atoms with Crippen LogP contribution in [0.4, 0.5) is 0 Å². The number of rotatable bonds is 6. The van der Waals surface area contributed by atoms with Crippen LogP contribution in [0.15, 0.2) is 18.3 Å². The largest absolute Gasteiger partial charge is 0.481 e. The fourth-order valence-electron chi connectivity index (χ4n) is 1.26. The van der Waals surface area contributed by atoms with Crippen LogP contribution in [0, 0.1) is 5.92 Å². The molecule has 0 bridgehead atoms. The molecule has 0 aliphatic rings. The molecule has 1 heterocycles. The van der Waals surface area contributed by atoms with Crippen LogP contribution in [0.2, 0.25) is 0 Å². The van der Waals surface area contributed by atoms with Crippen molar-refractivity contribution in [2.24, 2.45) is 5.92 Å². The number of nitrogens with one attached hydrogen (secondary N) is 1. The minimum Gasteiger partial charge on any atom is -0.481 e. The molecule has 0 aromatic carbocycles. The van der Waals surface area contributed by atoms with Crippen LogP contribution in [0.25, 0.3) is 0 Å². The van der Waals surface area contributed by atoms with E-state index < -0.39 is 11.9 Å². The van der Waals surface area contributed by atoms with Gasteiger partial charge in [0.25, 0.3) is 5.91 Å². The molecular weight excluding hydrogens is 248 g/mol. The monoisotopic (exact) mass is 266 g/mol. The van der Waals surface area contributed by atoms with E-state index in [0.717, 1.165) is 0 Å². The first-order valence-corrected chi connectivity index (χ1v) is 6.04. The first-order chi connectivity index (χ1) is 8.90. The average Bonchev–Trinajstić information content (AvgIpc) is 2.35. The normalized spacial score (nSPS) is 12.0. The predicted molar refractivity (Wildman–Crippen MR) is 69.1 cm³/mol. The Morgan fingerprint density at radius 3 is 2.53 bits per heavy atom. The summed E-state index contributed by atoms with van der Waals surface area (Å²) in [5.74, 6) is -1.47. The van der Waals surface area contributed by atoms with Gasteiger partial charge < -0.3 is 15.2 Å². The molecule has 0 saturated carbocycles. The van der Waals surface area contributed by atoms with Crippen LogP contribution in [0.3, 0.4) is 0 Å². The standard InChI is InChI=1S/C13H18N2O4/c1-8(2)19-11-5-4-10(7-14-11)12(16)15-6-9(3)13(17)18/h4-5,7-9H,6H2,1-3H3,(H,15,16)(H,17,18). The SMILES string of the molecule is CC(C)Oc1ccc(C(=O)NCC(C)C(=O)O)cn1. The van der Waals surface area contributed by atoms with Crippen molar-refractivity contribution in [3.63, 3.8) is 0 Å². The van der Waals surface area contributed by atoms with E-state index in [4.69, 9.17) is 9.84 Å². The number of amides is 1. The summed E-state index contributed by atoms with van der Waals surface area (Å²) in [4.78, 5) is 26.3. The van der Waals surface area contributed by atoms with Crippen molar-refractivity contribution in [2.75, 3.05) is 6.54 Å². The van der Waals surface area contributed by atoms with E-state index in [2.05, 4.69) is 10.3 Å². The van der Waals surface area contributed by atoms with Crippen molar-refractivity contribution in [1.82, 2.24) is 10.3 Å². The Hall–Kier alpha value is -2.11. The maximum Gasteiger partial charge on any atom is 0.308 e. The van der Waals surface area contributed by atoms with Gasteiger partial charge in [0.05, 0.1) is 17.6 Å². The average molecular weight is 266 g/mol. The van der Waals surface area contributed by atoms with Crippen molar-refractivity contribution in [3.8, 4) is 5.88 Å². The molecule has 1 aromatic rings. The van der Waals surface area contributed by atoms with Gasteiger partial charge in [-0.2, -0.15) is 0 Å². The Bertz CT molecular complexity index is 442. The maximum atomic E-state index is 11.7. The summed E-state index contributed by atoms with van der Waals surface area (Å²) >= 11 is 0. The second kappa shape index (κ2) is 6.72. The van der Waals surface area contributed by atoms with Crippen LogP contribution in [0.1, 0.15) is 31.1 Å². The molecular formula is C13H18N2O4. The Kier molecular flexibility index (Phi) is 5.29. The summed E-state index contributed by atoms with van der Waals surface area (Å²) in [5.41, 5.74) is 0.369. The predicted octanol–water partition coefficient (Wildman–Crippen LogP) is 1.32. The van der Waals surface area contributed by atoms with Crippen LogP contribution in [-0.2, 0) is 4.79 Å². The zero-order valence-corrected chi connectivity index (χ0v) is 11.2. The molecule has 19 heavy (non-hydrogen) atoms. The first kappa shape index (κ1) is 14.9. The number of carbonyl (C=O) groups excluding carboxylic acids is 1. The third-order valence-corrected chi connectivity index (χ3v) is 2.35. The lowest BCUT2D eigenvalue weighted by molar-refractivity contribution is -0.140. The van der Waals surface area contributed by atoms with Crippen molar-refractivity contribution in [1.29, 1.82) is 0 Å². The number of nitrogens with zero attached hydrogens (tertiary/aromatic N) is 1. The van der Waals surface area contributed by atoms with E-state index in [1.807, 2.05) is 13.8 Å². The van der Waals surface area contributed by atoms with Gasteiger partial charge in [0, 0.05) is 18.8 Å². The number of hydrogen-bond acceptors (Lipinski definition) is 4. The van der Waals surface area contributed by atoms with Gasteiger partial charge in [0.1, 0.15) is 0 Å². The topological polar surface area (TPSA) is 88.5 Å². The van der Waals surface area contributed by atoms with E-state index >= 15 is 0 Å². The molecule has 6 nitrogen and oxygen atoms in total. The minimum absolute atomic E-state index is 0.0172. The molecule has 1 unspecified atom stereocenters. The fraction of sp³-hybridized carbons (Fsp3) is 0.462. The number of hydrogen-bond donors (Lipinski definition) is 2. The summed E-state index contributed by atoms with van der Waals surface area (Å²) < 4.78 is 5.36. The van der Waals surface area contributed by atoms with Gasteiger partial charge in [-0.15, -0.1) is 0 Å². The molecule has 0 aliphatic heterocycles. The van der Waals surface area contributed by atoms with Crippen molar-refractivity contribution >= 4 is 11.9 Å².